The topological polar surface area (TPSA) is 24.9 Å². The molecule has 1 N–H and O–H groups in total. The van der Waals surface area contributed by atoms with Crippen LogP contribution in [0.15, 0.2) is 36.5 Å². The molecule has 1 atom stereocenters. The SMILES string of the molecule is CCNC(c1ccc(Cl)cn1)c1c(F)cccc1F. The molecule has 0 saturated carbocycles. The molecule has 0 saturated heterocycles. The van der Waals surface area contributed by atoms with Crippen molar-refractivity contribution in [2.45, 2.75) is 13.0 Å². The van der Waals surface area contributed by atoms with Crippen molar-refractivity contribution < 1.29 is 8.78 Å². The Morgan fingerprint density at radius 1 is 1.21 bits per heavy atom. The molecule has 0 spiro atoms. The summed E-state index contributed by atoms with van der Waals surface area (Å²) in [5, 5.41) is 3.51. The van der Waals surface area contributed by atoms with Crippen LogP contribution in [0.25, 0.3) is 0 Å². The molecule has 2 nitrogen and oxygen atoms in total. The third-order valence-electron chi connectivity index (χ3n) is 2.74. The maximum atomic E-state index is 13.9. The second kappa shape index (κ2) is 6.08. The first kappa shape index (κ1) is 13.9. The van der Waals surface area contributed by atoms with E-state index in [2.05, 4.69) is 10.3 Å². The summed E-state index contributed by atoms with van der Waals surface area (Å²) in [7, 11) is 0. The smallest absolute Gasteiger partial charge is 0.131 e. The molecule has 0 bridgehead atoms. The molecule has 1 aromatic carbocycles. The van der Waals surface area contributed by atoms with Crippen LogP contribution in [-0.2, 0) is 0 Å². The van der Waals surface area contributed by atoms with E-state index in [1.807, 2.05) is 6.92 Å². The zero-order valence-corrected chi connectivity index (χ0v) is 11.1. The van der Waals surface area contributed by atoms with Gasteiger partial charge in [0.15, 0.2) is 0 Å². The molecule has 5 heteroatoms. The van der Waals surface area contributed by atoms with E-state index in [4.69, 9.17) is 11.6 Å². The summed E-state index contributed by atoms with van der Waals surface area (Å²) in [5.74, 6) is -1.19. The molecule has 1 heterocycles. The predicted octanol–water partition coefficient (Wildman–Crippen LogP) is 3.71. The fraction of sp³-hybridized carbons (Fsp3) is 0.214. The van der Waals surface area contributed by atoms with Crippen LogP contribution in [-0.4, -0.2) is 11.5 Å². The lowest BCUT2D eigenvalue weighted by atomic mass is 10.0. The number of nitrogens with one attached hydrogen (secondary N) is 1. The fourth-order valence-corrected chi connectivity index (χ4v) is 2.01. The van der Waals surface area contributed by atoms with E-state index in [1.54, 1.807) is 12.1 Å². The van der Waals surface area contributed by atoms with Crippen LogP contribution < -0.4 is 5.32 Å². The molecule has 0 radical (unpaired) electrons. The van der Waals surface area contributed by atoms with E-state index in [-0.39, 0.29) is 5.56 Å². The van der Waals surface area contributed by atoms with Gasteiger partial charge in [-0.15, -0.1) is 0 Å². The minimum atomic E-state index is -0.636. The summed E-state index contributed by atoms with van der Waals surface area (Å²) >= 11 is 5.77. The van der Waals surface area contributed by atoms with Crippen molar-refractivity contribution in [2.24, 2.45) is 0 Å². The Bertz CT molecular complexity index is 538. The summed E-state index contributed by atoms with van der Waals surface area (Å²) in [6, 6.07) is 6.47. The number of pyridine rings is 1. The van der Waals surface area contributed by atoms with Crippen molar-refractivity contribution in [3.8, 4) is 0 Å². The quantitative estimate of drug-likeness (QED) is 0.925. The summed E-state index contributed by atoms with van der Waals surface area (Å²) < 4.78 is 27.7. The Balaban J connectivity index is 2.48. The lowest BCUT2D eigenvalue weighted by Gasteiger charge is -2.19. The monoisotopic (exact) mass is 282 g/mol. The van der Waals surface area contributed by atoms with Gasteiger partial charge in [-0.25, -0.2) is 8.78 Å². The van der Waals surface area contributed by atoms with Crippen molar-refractivity contribution in [2.75, 3.05) is 6.54 Å². The number of hydrogen-bond acceptors (Lipinski definition) is 2. The van der Waals surface area contributed by atoms with Crippen LogP contribution in [0, 0.1) is 11.6 Å². The van der Waals surface area contributed by atoms with Crippen molar-refractivity contribution in [1.82, 2.24) is 10.3 Å². The lowest BCUT2D eigenvalue weighted by molar-refractivity contribution is 0.505. The van der Waals surface area contributed by atoms with Crippen LogP contribution in [0.5, 0.6) is 0 Å². The van der Waals surface area contributed by atoms with Gasteiger partial charge in [0.05, 0.1) is 16.8 Å². The Morgan fingerprint density at radius 3 is 2.42 bits per heavy atom. The molecule has 0 aliphatic carbocycles. The molecule has 2 rings (SSSR count). The van der Waals surface area contributed by atoms with Gasteiger partial charge in [0.2, 0.25) is 0 Å². The van der Waals surface area contributed by atoms with Crippen LogP contribution in [0.3, 0.4) is 0 Å². The van der Waals surface area contributed by atoms with Crippen LogP contribution in [0.4, 0.5) is 8.78 Å². The zero-order chi connectivity index (χ0) is 13.8. The normalized spacial score (nSPS) is 12.4. The first-order valence-electron chi connectivity index (χ1n) is 5.92. The Labute approximate surface area is 115 Å². The van der Waals surface area contributed by atoms with Gasteiger partial charge in [-0.1, -0.05) is 24.6 Å². The molecule has 2 aromatic rings. The highest BCUT2D eigenvalue weighted by Gasteiger charge is 2.22. The molecule has 1 unspecified atom stereocenters. The van der Waals surface area contributed by atoms with E-state index in [0.29, 0.717) is 17.3 Å². The third-order valence-corrected chi connectivity index (χ3v) is 2.97. The average molecular weight is 283 g/mol. The number of hydrogen-bond donors (Lipinski definition) is 1. The van der Waals surface area contributed by atoms with Gasteiger partial charge in [0.1, 0.15) is 11.6 Å². The molecule has 0 aliphatic heterocycles. The van der Waals surface area contributed by atoms with E-state index >= 15 is 0 Å². The maximum absolute atomic E-state index is 13.9. The van der Waals surface area contributed by atoms with E-state index < -0.39 is 17.7 Å². The minimum Gasteiger partial charge on any atom is -0.305 e. The highest BCUT2D eigenvalue weighted by molar-refractivity contribution is 6.30. The highest BCUT2D eigenvalue weighted by atomic mass is 35.5. The predicted molar refractivity (Wildman–Crippen MR) is 71.1 cm³/mol. The van der Waals surface area contributed by atoms with Gasteiger partial charge in [0.25, 0.3) is 0 Å². The minimum absolute atomic E-state index is 0.0285. The largest absolute Gasteiger partial charge is 0.305 e. The fourth-order valence-electron chi connectivity index (χ4n) is 1.90. The van der Waals surface area contributed by atoms with E-state index in [0.717, 1.165) is 0 Å². The zero-order valence-electron chi connectivity index (χ0n) is 10.3. The van der Waals surface area contributed by atoms with E-state index in [1.165, 1.54) is 24.4 Å². The highest BCUT2D eigenvalue weighted by Crippen LogP contribution is 2.26. The molecule has 0 amide bonds. The lowest BCUT2D eigenvalue weighted by Crippen LogP contribution is -2.25. The van der Waals surface area contributed by atoms with Crippen molar-refractivity contribution in [3.63, 3.8) is 0 Å². The first-order chi connectivity index (χ1) is 9.13. The van der Waals surface area contributed by atoms with Gasteiger partial charge in [-0.2, -0.15) is 0 Å². The van der Waals surface area contributed by atoms with Crippen molar-refractivity contribution in [3.05, 3.63) is 64.4 Å². The number of benzene rings is 1. The van der Waals surface area contributed by atoms with Gasteiger partial charge in [0, 0.05) is 11.8 Å². The van der Waals surface area contributed by atoms with Gasteiger partial charge in [-0.3, -0.25) is 4.98 Å². The Morgan fingerprint density at radius 2 is 1.89 bits per heavy atom. The second-order valence-electron chi connectivity index (χ2n) is 4.03. The maximum Gasteiger partial charge on any atom is 0.131 e. The molecular weight excluding hydrogens is 270 g/mol. The number of halogens is 3. The number of nitrogens with zero attached hydrogens (tertiary/aromatic N) is 1. The van der Waals surface area contributed by atoms with Crippen LogP contribution in [0.2, 0.25) is 5.02 Å². The van der Waals surface area contributed by atoms with E-state index in [9.17, 15) is 8.78 Å². The third kappa shape index (κ3) is 3.08. The second-order valence-corrected chi connectivity index (χ2v) is 4.46. The Hall–Kier alpha value is -1.52. The Kier molecular flexibility index (Phi) is 4.45. The van der Waals surface area contributed by atoms with Gasteiger partial charge in [-0.05, 0) is 30.8 Å². The molecule has 0 aliphatic rings. The van der Waals surface area contributed by atoms with Crippen molar-refractivity contribution in [1.29, 1.82) is 0 Å². The standard InChI is InChI=1S/C14H13ClF2N2/c1-2-18-14(12-7-6-9(15)8-19-12)13-10(16)4-3-5-11(13)17/h3-8,14,18H,2H2,1H3. The molecule has 100 valence electrons. The molecule has 19 heavy (non-hydrogen) atoms. The first-order valence-corrected chi connectivity index (χ1v) is 6.30. The summed E-state index contributed by atoms with van der Waals surface area (Å²) in [6.07, 6.45) is 1.46. The number of aromatic nitrogens is 1. The van der Waals surface area contributed by atoms with Crippen LogP contribution >= 0.6 is 11.6 Å². The number of rotatable bonds is 4. The molecule has 0 fully saturated rings. The molecular formula is C14H13ClF2N2. The van der Waals surface area contributed by atoms with Crippen LogP contribution in [0.1, 0.15) is 24.2 Å². The molecule has 1 aromatic heterocycles. The average Bonchev–Trinajstić information content (AvgIpc) is 2.38. The summed E-state index contributed by atoms with van der Waals surface area (Å²) in [4.78, 5) is 4.13. The van der Waals surface area contributed by atoms with Crippen molar-refractivity contribution >= 4 is 11.6 Å². The summed E-state index contributed by atoms with van der Waals surface area (Å²) in [5.41, 5.74) is 0.495. The summed E-state index contributed by atoms with van der Waals surface area (Å²) in [6.45, 7) is 2.42. The van der Waals surface area contributed by atoms with Gasteiger partial charge < -0.3 is 5.32 Å². The van der Waals surface area contributed by atoms with Gasteiger partial charge >= 0.3 is 0 Å².